The van der Waals surface area contributed by atoms with Gasteiger partial charge in [-0.1, -0.05) is 12.1 Å². The molecule has 2 aromatic rings. The number of hydrogen-bond donors (Lipinski definition) is 2. The first kappa shape index (κ1) is 13.5. The van der Waals surface area contributed by atoms with Crippen LogP contribution in [-0.4, -0.2) is 24.8 Å². The van der Waals surface area contributed by atoms with E-state index in [1.54, 1.807) is 24.4 Å². The highest BCUT2D eigenvalue weighted by Crippen LogP contribution is 2.22. The highest BCUT2D eigenvalue weighted by molar-refractivity contribution is 7.92. The lowest BCUT2D eigenvalue weighted by molar-refractivity contribution is 0.277. The van der Waals surface area contributed by atoms with Crippen LogP contribution in [0.5, 0.6) is 0 Å². The predicted molar refractivity (Wildman–Crippen MR) is 74.1 cm³/mol. The number of benzene rings is 1. The molecule has 0 fully saturated rings. The first-order valence-electron chi connectivity index (χ1n) is 5.62. The minimum atomic E-state index is -3.26. The zero-order valence-corrected chi connectivity index (χ0v) is 11.2. The Morgan fingerprint density at radius 2 is 1.84 bits per heavy atom. The topological polar surface area (TPSA) is 79.3 Å². The SMILES string of the molecule is CS(=O)(=O)Nc1ccc(-c2ccnc(CO)c2)cc1. The fourth-order valence-electron chi connectivity index (χ4n) is 1.69. The highest BCUT2D eigenvalue weighted by atomic mass is 32.2. The van der Waals surface area contributed by atoms with Crippen molar-refractivity contribution in [1.82, 2.24) is 4.98 Å². The van der Waals surface area contributed by atoms with Gasteiger partial charge in [0, 0.05) is 11.9 Å². The van der Waals surface area contributed by atoms with Gasteiger partial charge in [0.2, 0.25) is 10.0 Å². The van der Waals surface area contributed by atoms with Crippen molar-refractivity contribution in [3.05, 3.63) is 48.3 Å². The molecule has 0 aliphatic carbocycles. The van der Waals surface area contributed by atoms with E-state index >= 15 is 0 Å². The van der Waals surface area contributed by atoms with Crippen molar-refractivity contribution < 1.29 is 13.5 Å². The summed E-state index contributed by atoms with van der Waals surface area (Å²) < 4.78 is 24.6. The predicted octanol–water partition coefficient (Wildman–Crippen LogP) is 1.61. The summed E-state index contributed by atoms with van der Waals surface area (Å²) in [6.45, 7) is -0.110. The summed E-state index contributed by atoms with van der Waals surface area (Å²) in [7, 11) is -3.26. The summed E-state index contributed by atoms with van der Waals surface area (Å²) in [5.74, 6) is 0. The smallest absolute Gasteiger partial charge is 0.229 e. The lowest BCUT2D eigenvalue weighted by Crippen LogP contribution is -2.09. The van der Waals surface area contributed by atoms with Crippen LogP contribution in [0.4, 0.5) is 5.69 Å². The van der Waals surface area contributed by atoms with Gasteiger partial charge in [0.05, 0.1) is 18.6 Å². The van der Waals surface area contributed by atoms with Crippen LogP contribution in [-0.2, 0) is 16.6 Å². The molecular formula is C13H14N2O3S. The summed E-state index contributed by atoms with van der Waals surface area (Å²) in [5, 5.41) is 9.04. The number of nitrogens with zero attached hydrogens (tertiary/aromatic N) is 1. The van der Waals surface area contributed by atoms with Crippen molar-refractivity contribution in [2.24, 2.45) is 0 Å². The largest absolute Gasteiger partial charge is 0.390 e. The maximum Gasteiger partial charge on any atom is 0.229 e. The van der Waals surface area contributed by atoms with Gasteiger partial charge in [0.1, 0.15) is 0 Å². The average Bonchev–Trinajstić information content (AvgIpc) is 2.38. The van der Waals surface area contributed by atoms with Crippen LogP contribution in [0.25, 0.3) is 11.1 Å². The van der Waals surface area contributed by atoms with E-state index < -0.39 is 10.0 Å². The Kier molecular flexibility index (Phi) is 3.82. The Bertz CT molecular complexity index is 667. The van der Waals surface area contributed by atoms with E-state index in [2.05, 4.69) is 9.71 Å². The van der Waals surface area contributed by atoms with Gasteiger partial charge < -0.3 is 5.11 Å². The minimum Gasteiger partial charge on any atom is -0.390 e. The number of aliphatic hydroxyl groups excluding tert-OH is 1. The molecule has 1 heterocycles. The van der Waals surface area contributed by atoms with Crippen LogP contribution in [0.15, 0.2) is 42.6 Å². The number of pyridine rings is 1. The van der Waals surface area contributed by atoms with Crippen molar-refractivity contribution >= 4 is 15.7 Å². The molecule has 2 N–H and O–H groups in total. The first-order valence-corrected chi connectivity index (χ1v) is 7.51. The molecule has 0 aliphatic heterocycles. The molecule has 0 amide bonds. The van der Waals surface area contributed by atoms with Gasteiger partial charge in [-0.3, -0.25) is 9.71 Å². The summed E-state index contributed by atoms with van der Waals surface area (Å²) in [4.78, 5) is 4.01. The van der Waals surface area contributed by atoms with Gasteiger partial charge in [0.25, 0.3) is 0 Å². The zero-order chi connectivity index (χ0) is 13.9. The lowest BCUT2D eigenvalue weighted by Gasteiger charge is -2.06. The fourth-order valence-corrected chi connectivity index (χ4v) is 2.25. The number of rotatable bonds is 4. The normalized spacial score (nSPS) is 11.3. The minimum absolute atomic E-state index is 0.110. The third-order valence-electron chi connectivity index (χ3n) is 2.50. The molecule has 100 valence electrons. The average molecular weight is 278 g/mol. The molecule has 0 atom stereocenters. The molecule has 0 saturated heterocycles. The first-order chi connectivity index (χ1) is 8.98. The Hall–Kier alpha value is -1.92. The van der Waals surface area contributed by atoms with Gasteiger partial charge in [0.15, 0.2) is 0 Å². The van der Waals surface area contributed by atoms with E-state index in [9.17, 15) is 8.42 Å². The van der Waals surface area contributed by atoms with Crippen molar-refractivity contribution in [3.8, 4) is 11.1 Å². The molecule has 19 heavy (non-hydrogen) atoms. The summed E-state index contributed by atoms with van der Waals surface area (Å²) in [6, 6.07) is 10.6. The molecule has 0 saturated carbocycles. The number of anilines is 1. The number of aliphatic hydroxyl groups is 1. The molecule has 5 nitrogen and oxygen atoms in total. The summed E-state index contributed by atoms with van der Waals surface area (Å²) in [6.07, 6.45) is 2.74. The molecule has 0 unspecified atom stereocenters. The third kappa shape index (κ3) is 3.77. The van der Waals surface area contributed by atoms with E-state index in [1.807, 2.05) is 18.2 Å². The van der Waals surface area contributed by atoms with Crippen LogP contribution < -0.4 is 4.72 Å². The van der Waals surface area contributed by atoms with Crippen LogP contribution >= 0.6 is 0 Å². The standard InChI is InChI=1S/C13H14N2O3S/c1-19(17,18)15-12-4-2-10(3-5-12)11-6-7-14-13(8-11)9-16/h2-8,15-16H,9H2,1H3. The van der Waals surface area contributed by atoms with E-state index in [1.165, 1.54) is 0 Å². The Morgan fingerprint density at radius 1 is 1.16 bits per heavy atom. The summed E-state index contributed by atoms with van der Waals surface area (Å²) >= 11 is 0. The fraction of sp³-hybridized carbons (Fsp3) is 0.154. The second kappa shape index (κ2) is 5.38. The van der Waals surface area contributed by atoms with Gasteiger partial charge >= 0.3 is 0 Å². The lowest BCUT2D eigenvalue weighted by atomic mass is 10.1. The van der Waals surface area contributed by atoms with Gasteiger partial charge in [-0.15, -0.1) is 0 Å². The van der Waals surface area contributed by atoms with E-state index in [0.717, 1.165) is 17.4 Å². The number of aromatic nitrogens is 1. The molecule has 2 rings (SSSR count). The van der Waals surface area contributed by atoms with E-state index in [0.29, 0.717) is 11.4 Å². The second-order valence-corrected chi connectivity index (χ2v) is 5.89. The van der Waals surface area contributed by atoms with Gasteiger partial charge in [-0.25, -0.2) is 8.42 Å². The van der Waals surface area contributed by atoms with E-state index in [-0.39, 0.29) is 6.61 Å². The second-order valence-electron chi connectivity index (χ2n) is 4.15. The Balaban J connectivity index is 2.27. The van der Waals surface area contributed by atoms with Crippen molar-refractivity contribution in [1.29, 1.82) is 0 Å². The zero-order valence-electron chi connectivity index (χ0n) is 10.4. The van der Waals surface area contributed by atoms with Crippen LogP contribution in [0.2, 0.25) is 0 Å². The molecule has 6 heteroatoms. The summed E-state index contributed by atoms with van der Waals surface area (Å²) in [5.41, 5.74) is 2.96. The van der Waals surface area contributed by atoms with Crippen LogP contribution in [0.3, 0.4) is 0 Å². The molecule has 1 aromatic carbocycles. The monoisotopic (exact) mass is 278 g/mol. The van der Waals surface area contributed by atoms with Gasteiger partial charge in [-0.05, 0) is 35.4 Å². The highest BCUT2D eigenvalue weighted by Gasteiger charge is 2.03. The van der Waals surface area contributed by atoms with Crippen LogP contribution in [0, 0.1) is 0 Å². The Morgan fingerprint density at radius 3 is 2.42 bits per heavy atom. The van der Waals surface area contributed by atoms with Gasteiger partial charge in [-0.2, -0.15) is 0 Å². The maximum absolute atomic E-state index is 11.1. The Labute approximate surface area is 112 Å². The van der Waals surface area contributed by atoms with Crippen LogP contribution in [0.1, 0.15) is 5.69 Å². The molecule has 0 spiro atoms. The molecule has 1 aromatic heterocycles. The number of sulfonamides is 1. The maximum atomic E-state index is 11.1. The molecular weight excluding hydrogens is 264 g/mol. The quantitative estimate of drug-likeness (QED) is 0.890. The van der Waals surface area contributed by atoms with E-state index in [4.69, 9.17) is 5.11 Å². The molecule has 0 radical (unpaired) electrons. The third-order valence-corrected chi connectivity index (χ3v) is 3.11. The molecule has 0 bridgehead atoms. The van der Waals surface area contributed by atoms with Crippen molar-refractivity contribution in [2.75, 3.05) is 11.0 Å². The molecule has 0 aliphatic rings. The number of nitrogens with one attached hydrogen (secondary N) is 1. The number of hydrogen-bond acceptors (Lipinski definition) is 4. The van der Waals surface area contributed by atoms with Crippen molar-refractivity contribution in [3.63, 3.8) is 0 Å². The van der Waals surface area contributed by atoms with Crippen molar-refractivity contribution in [2.45, 2.75) is 6.61 Å².